The lowest BCUT2D eigenvalue weighted by molar-refractivity contribution is 0.0475. The van der Waals surface area contributed by atoms with E-state index >= 15 is 0 Å². The summed E-state index contributed by atoms with van der Waals surface area (Å²) in [6.07, 6.45) is 1.65. The van der Waals surface area contributed by atoms with Crippen LogP contribution in [0.4, 0.5) is 0 Å². The lowest BCUT2D eigenvalue weighted by Gasteiger charge is -2.17. The standard InChI is InChI=1S/C22H21ClN2O4/c1-13(16-6-2-3-7-19(16)23)24-20(26)14-8-9-17-18(11-14)22(28)25(21(17)27)12-15-5-4-10-29-15/h2-3,6-9,11,13,15H,4-5,10,12H2,1H3,(H,24,26). The number of carbonyl (C=O) groups is 3. The van der Waals surface area contributed by atoms with E-state index in [-0.39, 0.29) is 42.0 Å². The highest BCUT2D eigenvalue weighted by Crippen LogP contribution is 2.27. The van der Waals surface area contributed by atoms with E-state index in [1.807, 2.05) is 25.1 Å². The minimum Gasteiger partial charge on any atom is -0.376 e. The van der Waals surface area contributed by atoms with Crippen molar-refractivity contribution < 1.29 is 19.1 Å². The summed E-state index contributed by atoms with van der Waals surface area (Å²) < 4.78 is 5.55. The van der Waals surface area contributed by atoms with Crippen molar-refractivity contribution in [2.24, 2.45) is 0 Å². The Morgan fingerprint density at radius 2 is 1.97 bits per heavy atom. The topological polar surface area (TPSA) is 75.7 Å². The van der Waals surface area contributed by atoms with Crippen molar-refractivity contribution in [2.75, 3.05) is 13.2 Å². The van der Waals surface area contributed by atoms with Gasteiger partial charge in [-0.3, -0.25) is 19.3 Å². The van der Waals surface area contributed by atoms with Gasteiger partial charge in [0.05, 0.1) is 29.8 Å². The predicted octanol–water partition coefficient (Wildman–Crippen LogP) is 3.61. The Bertz CT molecular complexity index is 985. The zero-order valence-corrected chi connectivity index (χ0v) is 16.7. The van der Waals surface area contributed by atoms with Crippen LogP contribution in [0.25, 0.3) is 0 Å². The second kappa shape index (κ2) is 7.97. The first-order valence-corrected chi connectivity index (χ1v) is 10.0. The molecule has 0 spiro atoms. The molecule has 1 N–H and O–H groups in total. The van der Waals surface area contributed by atoms with E-state index in [0.717, 1.165) is 18.4 Å². The molecule has 1 saturated heterocycles. The number of benzene rings is 2. The average Bonchev–Trinajstić information content (AvgIpc) is 3.31. The monoisotopic (exact) mass is 412 g/mol. The van der Waals surface area contributed by atoms with Crippen LogP contribution in [-0.2, 0) is 4.74 Å². The number of imide groups is 1. The molecule has 0 bridgehead atoms. The summed E-state index contributed by atoms with van der Waals surface area (Å²) in [4.78, 5) is 39.3. The molecule has 6 nitrogen and oxygen atoms in total. The molecule has 29 heavy (non-hydrogen) atoms. The quantitative estimate of drug-likeness (QED) is 0.761. The molecule has 2 atom stereocenters. The largest absolute Gasteiger partial charge is 0.376 e. The zero-order chi connectivity index (χ0) is 20.5. The molecule has 2 aromatic rings. The second-order valence-electron chi connectivity index (χ2n) is 7.33. The highest BCUT2D eigenvalue weighted by atomic mass is 35.5. The molecule has 4 rings (SSSR count). The molecule has 0 aliphatic carbocycles. The Kier molecular flexibility index (Phi) is 5.39. The molecule has 2 aromatic carbocycles. The molecule has 3 amide bonds. The van der Waals surface area contributed by atoms with Gasteiger partial charge in [0, 0.05) is 17.2 Å². The number of hydrogen-bond acceptors (Lipinski definition) is 4. The van der Waals surface area contributed by atoms with Gasteiger partial charge in [-0.05, 0) is 49.6 Å². The van der Waals surface area contributed by atoms with Crippen molar-refractivity contribution in [3.63, 3.8) is 0 Å². The zero-order valence-electron chi connectivity index (χ0n) is 16.0. The minimum absolute atomic E-state index is 0.114. The summed E-state index contributed by atoms with van der Waals surface area (Å²) in [6.45, 7) is 2.74. The summed E-state index contributed by atoms with van der Waals surface area (Å²) in [5.41, 5.74) is 1.70. The highest BCUT2D eigenvalue weighted by Gasteiger charge is 2.38. The maximum Gasteiger partial charge on any atom is 0.261 e. The number of nitrogens with one attached hydrogen (secondary N) is 1. The van der Waals surface area contributed by atoms with E-state index in [1.54, 1.807) is 18.2 Å². The summed E-state index contributed by atoms with van der Waals surface area (Å²) >= 11 is 6.20. The third kappa shape index (κ3) is 3.78. The number of amides is 3. The van der Waals surface area contributed by atoms with Crippen molar-refractivity contribution in [3.8, 4) is 0 Å². The van der Waals surface area contributed by atoms with Crippen LogP contribution in [0.3, 0.4) is 0 Å². The first-order valence-electron chi connectivity index (χ1n) is 9.63. The summed E-state index contributed by atoms with van der Waals surface area (Å²) in [6, 6.07) is 11.6. The van der Waals surface area contributed by atoms with Crippen molar-refractivity contribution >= 4 is 29.3 Å². The first kappa shape index (κ1) is 19.6. The Morgan fingerprint density at radius 3 is 2.69 bits per heavy atom. The third-order valence-electron chi connectivity index (χ3n) is 5.36. The molecule has 2 unspecified atom stereocenters. The molecule has 0 saturated carbocycles. The molecule has 0 radical (unpaired) electrons. The van der Waals surface area contributed by atoms with Gasteiger partial charge in [0.2, 0.25) is 0 Å². The van der Waals surface area contributed by atoms with Gasteiger partial charge in [-0.25, -0.2) is 0 Å². The van der Waals surface area contributed by atoms with Crippen LogP contribution in [0.2, 0.25) is 5.02 Å². The SMILES string of the molecule is CC(NC(=O)c1ccc2c(c1)C(=O)N(CC1CCCO1)C2=O)c1ccccc1Cl. The molecule has 0 aromatic heterocycles. The van der Waals surface area contributed by atoms with E-state index in [2.05, 4.69) is 5.32 Å². The predicted molar refractivity (Wildman–Crippen MR) is 108 cm³/mol. The average molecular weight is 413 g/mol. The lowest BCUT2D eigenvalue weighted by Crippen LogP contribution is -2.36. The second-order valence-corrected chi connectivity index (χ2v) is 7.74. The summed E-state index contributed by atoms with van der Waals surface area (Å²) in [5.74, 6) is -1.05. The van der Waals surface area contributed by atoms with Gasteiger partial charge in [0.25, 0.3) is 17.7 Å². The number of ether oxygens (including phenoxy) is 1. The van der Waals surface area contributed by atoms with Crippen molar-refractivity contribution in [1.82, 2.24) is 10.2 Å². The van der Waals surface area contributed by atoms with E-state index < -0.39 is 0 Å². The molecule has 2 heterocycles. The van der Waals surface area contributed by atoms with Crippen LogP contribution in [-0.4, -0.2) is 41.9 Å². The smallest absolute Gasteiger partial charge is 0.261 e. The van der Waals surface area contributed by atoms with Gasteiger partial charge in [0.15, 0.2) is 0 Å². The summed E-state index contributed by atoms with van der Waals surface area (Å²) in [7, 11) is 0. The minimum atomic E-state index is -0.380. The van der Waals surface area contributed by atoms with E-state index in [4.69, 9.17) is 16.3 Å². The number of rotatable bonds is 5. The van der Waals surface area contributed by atoms with Crippen molar-refractivity contribution in [3.05, 3.63) is 69.7 Å². The Morgan fingerprint density at radius 1 is 1.21 bits per heavy atom. The Labute approximate surface area is 173 Å². The van der Waals surface area contributed by atoms with Crippen molar-refractivity contribution in [1.29, 1.82) is 0 Å². The molecular weight excluding hydrogens is 392 g/mol. The Balaban J connectivity index is 1.51. The van der Waals surface area contributed by atoms with Crippen molar-refractivity contribution in [2.45, 2.75) is 31.9 Å². The van der Waals surface area contributed by atoms with Crippen LogP contribution in [0.15, 0.2) is 42.5 Å². The fourth-order valence-corrected chi connectivity index (χ4v) is 4.07. The van der Waals surface area contributed by atoms with Gasteiger partial charge >= 0.3 is 0 Å². The van der Waals surface area contributed by atoms with E-state index in [1.165, 1.54) is 11.0 Å². The summed E-state index contributed by atoms with van der Waals surface area (Å²) in [5, 5.41) is 3.46. The molecule has 2 aliphatic rings. The Hall–Kier alpha value is -2.70. The van der Waals surface area contributed by atoms with Crippen LogP contribution in [0.1, 0.15) is 62.4 Å². The maximum absolute atomic E-state index is 12.8. The number of nitrogens with zero attached hydrogens (tertiary/aromatic N) is 1. The molecule has 7 heteroatoms. The van der Waals surface area contributed by atoms with Gasteiger partial charge in [-0.1, -0.05) is 29.8 Å². The van der Waals surface area contributed by atoms with E-state index in [9.17, 15) is 14.4 Å². The third-order valence-corrected chi connectivity index (χ3v) is 5.71. The number of carbonyl (C=O) groups excluding carboxylic acids is 3. The first-order chi connectivity index (χ1) is 14.0. The maximum atomic E-state index is 12.8. The molecule has 150 valence electrons. The van der Waals surface area contributed by atoms with Crippen LogP contribution in [0.5, 0.6) is 0 Å². The van der Waals surface area contributed by atoms with E-state index in [0.29, 0.717) is 22.8 Å². The molecule has 1 fully saturated rings. The fourth-order valence-electron chi connectivity index (χ4n) is 3.77. The van der Waals surface area contributed by atoms with Crippen LogP contribution >= 0.6 is 11.6 Å². The number of hydrogen-bond donors (Lipinski definition) is 1. The highest BCUT2D eigenvalue weighted by molar-refractivity contribution is 6.31. The molecular formula is C22H21ClN2O4. The fraction of sp³-hybridized carbons (Fsp3) is 0.318. The van der Waals surface area contributed by atoms with Gasteiger partial charge < -0.3 is 10.1 Å². The number of halogens is 1. The normalized spacial score (nSPS) is 19.4. The van der Waals surface area contributed by atoms with Crippen LogP contribution < -0.4 is 5.32 Å². The van der Waals surface area contributed by atoms with Crippen LogP contribution in [0, 0.1) is 0 Å². The molecule has 2 aliphatic heterocycles. The van der Waals surface area contributed by atoms with Gasteiger partial charge in [-0.15, -0.1) is 0 Å². The number of fused-ring (bicyclic) bond motifs is 1. The lowest BCUT2D eigenvalue weighted by atomic mass is 10.0. The van der Waals surface area contributed by atoms with Gasteiger partial charge in [0.1, 0.15) is 0 Å². The van der Waals surface area contributed by atoms with Gasteiger partial charge in [-0.2, -0.15) is 0 Å².